The molecule has 0 saturated carbocycles. The number of benzene rings is 4. The topological polar surface area (TPSA) is 84.7 Å². The third kappa shape index (κ3) is 4.39. The smallest absolute Gasteiger partial charge is 0.302 e. The van der Waals surface area contributed by atoms with E-state index >= 15 is 0 Å². The van der Waals surface area contributed by atoms with Crippen molar-refractivity contribution in [3.8, 4) is 0 Å². The van der Waals surface area contributed by atoms with Gasteiger partial charge in [-0.1, -0.05) is 107 Å². The summed E-state index contributed by atoms with van der Waals surface area (Å²) in [5.74, 6) is -0.499. The summed E-state index contributed by atoms with van der Waals surface area (Å²) in [5, 5.41) is 14.1. The molecule has 0 amide bonds. The summed E-state index contributed by atoms with van der Waals surface area (Å²) in [6, 6.07) is 33.5. The van der Waals surface area contributed by atoms with Crippen molar-refractivity contribution in [3.63, 3.8) is 0 Å². The van der Waals surface area contributed by atoms with E-state index in [1.165, 1.54) is 6.92 Å². The zero-order chi connectivity index (χ0) is 26.0. The van der Waals surface area contributed by atoms with Crippen LogP contribution in [0.3, 0.4) is 0 Å². The number of hydrazine groups is 1. The number of ether oxygens (including phenoxy) is 1. The number of nitro groups is 1. The van der Waals surface area contributed by atoms with E-state index < -0.39 is 16.4 Å². The van der Waals surface area contributed by atoms with Crippen molar-refractivity contribution in [2.75, 3.05) is 5.01 Å². The van der Waals surface area contributed by atoms with Gasteiger partial charge in [0.15, 0.2) is 0 Å². The number of nitrogens with one attached hydrogen (secondary N) is 1. The van der Waals surface area contributed by atoms with Gasteiger partial charge in [-0.2, -0.15) is 0 Å². The van der Waals surface area contributed by atoms with Crippen LogP contribution in [0, 0.1) is 10.1 Å². The molecule has 1 aliphatic heterocycles. The van der Waals surface area contributed by atoms with Gasteiger partial charge >= 0.3 is 5.97 Å². The highest BCUT2D eigenvalue weighted by Crippen LogP contribution is 2.50. The molecule has 1 aliphatic rings. The summed E-state index contributed by atoms with van der Waals surface area (Å²) in [6.07, 6.45) is 0. The van der Waals surface area contributed by atoms with Gasteiger partial charge in [-0.3, -0.25) is 19.9 Å². The van der Waals surface area contributed by atoms with Gasteiger partial charge in [-0.25, -0.2) is 5.43 Å². The maximum absolute atomic E-state index is 12.1. The molecule has 186 valence electrons. The van der Waals surface area contributed by atoms with Gasteiger partial charge < -0.3 is 4.74 Å². The monoisotopic (exact) mass is 557 g/mol. The van der Waals surface area contributed by atoms with E-state index in [-0.39, 0.29) is 17.2 Å². The van der Waals surface area contributed by atoms with Gasteiger partial charge in [-0.05, 0) is 22.8 Å². The molecule has 0 spiro atoms. The highest BCUT2D eigenvalue weighted by atomic mass is 79.9. The molecule has 0 aliphatic carbocycles. The summed E-state index contributed by atoms with van der Waals surface area (Å²) in [4.78, 5) is 22.8. The minimum absolute atomic E-state index is 0.114. The van der Waals surface area contributed by atoms with Crippen molar-refractivity contribution in [2.24, 2.45) is 0 Å². The number of halogens is 1. The Morgan fingerprint density at radius 3 is 1.86 bits per heavy atom. The van der Waals surface area contributed by atoms with Crippen LogP contribution >= 0.6 is 15.9 Å². The number of carbonyl (C=O) groups excluding carboxylic acids is 1. The van der Waals surface area contributed by atoms with E-state index in [0.29, 0.717) is 11.3 Å². The number of hydrogen-bond acceptors (Lipinski definition) is 6. The van der Waals surface area contributed by atoms with Gasteiger partial charge in [0.2, 0.25) is 0 Å². The Balaban J connectivity index is 1.81. The Bertz CT molecular complexity index is 1340. The first-order valence-electron chi connectivity index (χ1n) is 11.7. The summed E-state index contributed by atoms with van der Waals surface area (Å²) in [5.41, 5.74) is 7.29. The van der Waals surface area contributed by atoms with Crippen molar-refractivity contribution in [1.29, 1.82) is 0 Å². The molecule has 1 N–H and O–H groups in total. The van der Waals surface area contributed by atoms with Crippen LogP contribution < -0.4 is 10.4 Å². The van der Waals surface area contributed by atoms with Crippen molar-refractivity contribution in [3.05, 3.63) is 141 Å². The normalized spacial score (nSPS) is 14.8. The van der Waals surface area contributed by atoms with E-state index in [2.05, 4.69) is 57.8 Å². The Hall–Kier alpha value is -4.01. The molecular weight excluding hydrogens is 534 g/mol. The number of nitrogens with zero attached hydrogens (tertiary/aromatic N) is 2. The predicted molar refractivity (Wildman–Crippen MR) is 145 cm³/mol. The molecule has 1 unspecified atom stereocenters. The van der Waals surface area contributed by atoms with E-state index in [4.69, 9.17) is 4.74 Å². The zero-order valence-electron chi connectivity index (χ0n) is 20.0. The lowest BCUT2D eigenvalue weighted by Gasteiger charge is -2.44. The second-order valence-corrected chi connectivity index (χ2v) is 9.63. The minimum atomic E-state index is -0.869. The van der Waals surface area contributed by atoms with Crippen LogP contribution in [-0.2, 0) is 21.7 Å². The van der Waals surface area contributed by atoms with E-state index in [1.807, 2.05) is 59.6 Å². The van der Waals surface area contributed by atoms with Gasteiger partial charge in [0.1, 0.15) is 17.1 Å². The second-order valence-electron chi connectivity index (χ2n) is 8.71. The van der Waals surface area contributed by atoms with E-state index in [1.54, 1.807) is 12.1 Å². The number of esters is 1. The molecule has 5 rings (SSSR count). The molecule has 37 heavy (non-hydrogen) atoms. The van der Waals surface area contributed by atoms with Crippen LogP contribution in [0.25, 0.3) is 0 Å². The second kappa shape index (κ2) is 10.2. The summed E-state index contributed by atoms with van der Waals surface area (Å²) in [6.45, 7) is 1.10. The molecule has 0 radical (unpaired) electrons. The number of rotatable bonds is 7. The lowest BCUT2D eigenvalue weighted by molar-refractivity contribution is -0.385. The number of carbonyl (C=O) groups is 1. The standard InChI is InChI=1S/C29H24BrN3O4/c1-20(34)37-19-21-17-25-27(18-26(21)33(35)36)32(31-28(25)30)29(22-11-5-2-6-12-22,23-13-7-3-8-14-23)24-15-9-4-10-16-24/h2-18,28,31H,19H2,1H3. The summed E-state index contributed by atoms with van der Waals surface area (Å²) < 4.78 is 5.12. The first-order valence-corrected chi connectivity index (χ1v) is 12.7. The van der Waals surface area contributed by atoms with Gasteiger partial charge in [-0.15, -0.1) is 0 Å². The molecule has 1 atom stereocenters. The molecule has 0 fully saturated rings. The fourth-order valence-corrected chi connectivity index (χ4v) is 5.53. The van der Waals surface area contributed by atoms with Gasteiger partial charge in [0.25, 0.3) is 5.69 Å². The Morgan fingerprint density at radius 2 is 1.43 bits per heavy atom. The number of anilines is 1. The molecular formula is C29H24BrN3O4. The molecule has 8 heteroatoms. The summed E-state index contributed by atoms with van der Waals surface area (Å²) in [7, 11) is 0. The SMILES string of the molecule is CC(=O)OCc1cc2c(cc1[N+](=O)[O-])N(C(c1ccccc1)(c1ccccc1)c1ccccc1)NC2Br. The quantitative estimate of drug-likeness (QED) is 0.0709. The van der Waals surface area contributed by atoms with Crippen LogP contribution in [0.5, 0.6) is 0 Å². The number of alkyl halides is 1. The van der Waals surface area contributed by atoms with E-state index in [9.17, 15) is 14.9 Å². The third-order valence-corrected chi connectivity index (χ3v) is 7.22. The first-order chi connectivity index (χ1) is 17.9. The Kier molecular flexibility index (Phi) is 6.78. The van der Waals surface area contributed by atoms with E-state index in [0.717, 1.165) is 22.3 Å². The lowest BCUT2D eigenvalue weighted by atomic mass is 9.76. The number of nitro benzene ring substituents is 1. The molecule has 7 nitrogen and oxygen atoms in total. The fourth-order valence-electron chi connectivity index (χ4n) is 4.96. The van der Waals surface area contributed by atoms with Crippen LogP contribution in [0.2, 0.25) is 0 Å². The van der Waals surface area contributed by atoms with Crippen molar-refractivity contribution in [2.45, 2.75) is 24.0 Å². The zero-order valence-corrected chi connectivity index (χ0v) is 21.6. The average Bonchev–Trinajstić information content (AvgIpc) is 3.24. The molecule has 4 aromatic carbocycles. The van der Waals surface area contributed by atoms with Crippen molar-refractivity contribution < 1.29 is 14.5 Å². The Labute approximate surface area is 222 Å². The maximum Gasteiger partial charge on any atom is 0.302 e. The van der Waals surface area contributed by atoms with Crippen molar-refractivity contribution >= 4 is 33.3 Å². The highest BCUT2D eigenvalue weighted by Gasteiger charge is 2.47. The van der Waals surface area contributed by atoms with Crippen LogP contribution in [0.4, 0.5) is 11.4 Å². The maximum atomic E-state index is 12.1. The first kappa shape index (κ1) is 24.7. The lowest BCUT2D eigenvalue weighted by Crippen LogP contribution is -2.53. The minimum Gasteiger partial charge on any atom is -0.461 e. The largest absolute Gasteiger partial charge is 0.461 e. The van der Waals surface area contributed by atoms with Gasteiger partial charge in [0.05, 0.1) is 16.2 Å². The van der Waals surface area contributed by atoms with Crippen LogP contribution in [0.15, 0.2) is 103 Å². The average molecular weight is 558 g/mol. The third-order valence-electron chi connectivity index (χ3n) is 6.52. The van der Waals surface area contributed by atoms with Crippen LogP contribution in [-0.4, -0.2) is 10.9 Å². The highest BCUT2D eigenvalue weighted by molar-refractivity contribution is 9.09. The molecule has 0 saturated heterocycles. The fraction of sp³-hybridized carbons (Fsp3) is 0.138. The molecule has 1 heterocycles. The Morgan fingerprint density at radius 1 is 0.946 bits per heavy atom. The van der Waals surface area contributed by atoms with Crippen molar-refractivity contribution in [1.82, 2.24) is 5.43 Å². The summed E-state index contributed by atoms with van der Waals surface area (Å²) >= 11 is 3.73. The predicted octanol–water partition coefficient (Wildman–Crippen LogP) is 6.37. The molecule has 4 aromatic rings. The van der Waals surface area contributed by atoms with Crippen LogP contribution in [0.1, 0.15) is 39.7 Å². The number of hydrogen-bond donors (Lipinski definition) is 1. The van der Waals surface area contributed by atoms with Gasteiger partial charge in [0, 0.05) is 18.6 Å². The molecule has 0 bridgehead atoms. The molecule has 0 aromatic heterocycles. The number of fused-ring (bicyclic) bond motifs is 1.